The monoisotopic (exact) mass is 278 g/mol. The molecule has 0 saturated heterocycles. The van der Waals surface area contributed by atoms with E-state index in [4.69, 9.17) is 4.74 Å². The summed E-state index contributed by atoms with van der Waals surface area (Å²) in [5.41, 5.74) is 1.28. The average Bonchev–Trinajstić information content (AvgIpc) is 2.44. The average molecular weight is 278 g/mol. The first-order chi connectivity index (χ1) is 9.45. The molecule has 0 bridgehead atoms. The molecule has 3 heteroatoms. The van der Waals surface area contributed by atoms with E-state index in [9.17, 15) is 0 Å². The van der Waals surface area contributed by atoms with Crippen LogP contribution in [0.5, 0.6) is 5.75 Å². The van der Waals surface area contributed by atoms with Gasteiger partial charge in [0.2, 0.25) is 0 Å². The van der Waals surface area contributed by atoms with Crippen molar-refractivity contribution in [2.75, 3.05) is 20.7 Å². The molecule has 0 amide bonds. The Kier molecular flexibility index (Phi) is 7.03. The van der Waals surface area contributed by atoms with E-state index in [1.54, 1.807) is 7.11 Å². The van der Waals surface area contributed by atoms with Crippen LogP contribution < -0.4 is 10.1 Å². The molecular formula is C17H30N2O. The molecule has 0 saturated carbocycles. The molecule has 2 atom stereocenters. The summed E-state index contributed by atoms with van der Waals surface area (Å²) in [7, 11) is 3.94. The van der Waals surface area contributed by atoms with E-state index in [1.165, 1.54) is 5.56 Å². The Morgan fingerprint density at radius 2 is 1.75 bits per heavy atom. The Bertz CT molecular complexity index is 392. The maximum Gasteiger partial charge on any atom is 0.122 e. The number of nitrogens with one attached hydrogen (secondary N) is 1. The summed E-state index contributed by atoms with van der Waals surface area (Å²) in [5, 5.41) is 3.50. The summed E-state index contributed by atoms with van der Waals surface area (Å²) in [6.45, 7) is 9.94. The molecule has 1 rings (SSSR count). The van der Waals surface area contributed by atoms with Crippen LogP contribution in [0.15, 0.2) is 24.3 Å². The first kappa shape index (κ1) is 17.0. The van der Waals surface area contributed by atoms with Crippen LogP contribution in [0.4, 0.5) is 0 Å². The van der Waals surface area contributed by atoms with Crippen LogP contribution in [-0.4, -0.2) is 43.7 Å². The van der Waals surface area contributed by atoms with Gasteiger partial charge in [-0.05, 0) is 38.9 Å². The minimum Gasteiger partial charge on any atom is -0.496 e. The zero-order valence-corrected chi connectivity index (χ0v) is 13.8. The topological polar surface area (TPSA) is 24.5 Å². The molecule has 114 valence electrons. The fourth-order valence-corrected chi connectivity index (χ4v) is 2.32. The van der Waals surface area contributed by atoms with Gasteiger partial charge in [0.05, 0.1) is 7.11 Å². The number of ether oxygens (including phenoxy) is 1. The van der Waals surface area contributed by atoms with Gasteiger partial charge in [0, 0.05) is 24.7 Å². The van der Waals surface area contributed by atoms with Gasteiger partial charge >= 0.3 is 0 Å². The van der Waals surface area contributed by atoms with Gasteiger partial charge in [-0.1, -0.05) is 32.0 Å². The number of benzene rings is 1. The van der Waals surface area contributed by atoms with E-state index >= 15 is 0 Å². The van der Waals surface area contributed by atoms with Crippen molar-refractivity contribution in [1.29, 1.82) is 0 Å². The van der Waals surface area contributed by atoms with E-state index in [2.05, 4.69) is 57.1 Å². The maximum atomic E-state index is 5.43. The molecule has 0 aliphatic heterocycles. The van der Waals surface area contributed by atoms with Gasteiger partial charge in [-0.25, -0.2) is 0 Å². The summed E-state index contributed by atoms with van der Waals surface area (Å²) in [5.74, 6) is 0.987. The molecule has 1 aromatic carbocycles. The zero-order valence-electron chi connectivity index (χ0n) is 13.8. The lowest BCUT2D eigenvalue weighted by Gasteiger charge is -2.32. The minimum absolute atomic E-state index is 0.482. The molecule has 0 aliphatic rings. The van der Waals surface area contributed by atoms with Crippen molar-refractivity contribution < 1.29 is 4.74 Å². The van der Waals surface area contributed by atoms with E-state index in [1.807, 2.05) is 12.1 Å². The van der Waals surface area contributed by atoms with Crippen molar-refractivity contribution in [2.24, 2.45) is 0 Å². The molecule has 20 heavy (non-hydrogen) atoms. The van der Waals surface area contributed by atoms with Crippen molar-refractivity contribution >= 4 is 0 Å². The molecule has 1 N–H and O–H groups in total. The highest BCUT2D eigenvalue weighted by molar-refractivity contribution is 5.33. The van der Waals surface area contributed by atoms with Crippen LogP contribution in [-0.2, 0) is 6.42 Å². The van der Waals surface area contributed by atoms with Crippen molar-refractivity contribution in [2.45, 2.75) is 52.2 Å². The summed E-state index contributed by atoms with van der Waals surface area (Å²) < 4.78 is 5.43. The van der Waals surface area contributed by atoms with Gasteiger partial charge in [0.1, 0.15) is 5.75 Å². The quantitative estimate of drug-likeness (QED) is 0.791. The van der Waals surface area contributed by atoms with Crippen molar-refractivity contribution in [3.8, 4) is 5.75 Å². The van der Waals surface area contributed by atoms with E-state index < -0.39 is 0 Å². The van der Waals surface area contributed by atoms with Gasteiger partial charge in [0.15, 0.2) is 0 Å². The third-order valence-electron chi connectivity index (χ3n) is 3.92. The lowest BCUT2D eigenvalue weighted by Crippen LogP contribution is -2.44. The van der Waals surface area contributed by atoms with Crippen LogP contribution in [0.3, 0.4) is 0 Å². The van der Waals surface area contributed by atoms with E-state index in [0.717, 1.165) is 18.7 Å². The first-order valence-corrected chi connectivity index (χ1v) is 7.53. The predicted molar refractivity (Wildman–Crippen MR) is 86.5 cm³/mol. The van der Waals surface area contributed by atoms with Crippen molar-refractivity contribution in [1.82, 2.24) is 10.2 Å². The van der Waals surface area contributed by atoms with Crippen LogP contribution in [0.2, 0.25) is 0 Å². The Hall–Kier alpha value is -1.06. The second-order valence-electron chi connectivity index (χ2n) is 5.94. The zero-order chi connectivity index (χ0) is 15.1. The third kappa shape index (κ3) is 5.14. The van der Waals surface area contributed by atoms with Crippen LogP contribution in [0, 0.1) is 0 Å². The third-order valence-corrected chi connectivity index (χ3v) is 3.92. The van der Waals surface area contributed by atoms with E-state index in [-0.39, 0.29) is 0 Å². The van der Waals surface area contributed by atoms with Gasteiger partial charge in [-0.15, -0.1) is 0 Å². The highest BCUT2D eigenvalue weighted by Crippen LogP contribution is 2.20. The fourth-order valence-electron chi connectivity index (χ4n) is 2.32. The number of hydrogen-bond acceptors (Lipinski definition) is 3. The highest BCUT2D eigenvalue weighted by atomic mass is 16.5. The summed E-state index contributed by atoms with van der Waals surface area (Å²) in [4.78, 5) is 2.43. The molecule has 1 aromatic rings. The number of nitrogens with zero attached hydrogens (tertiary/aromatic N) is 1. The number of rotatable bonds is 8. The SMILES string of the molecule is COc1ccccc1CC(C)N(C)C(C)CNC(C)C. The number of likely N-dealkylation sites (N-methyl/N-ethyl adjacent to an activating group) is 1. The second kappa shape index (κ2) is 8.28. The fraction of sp³-hybridized carbons (Fsp3) is 0.647. The Morgan fingerprint density at radius 1 is 1.10 bits per heavy atom. The lowest BCUT2D eigenvalue weighted by molar-refractivity contribution is 0.188. The van der Waals surface area contributed by atoms with Crippen LogP contribution in [0.1, 0.15) is 33.3 Å². The van der Waals surface area contributed by atoms with Crippen molar-refractivity contribution in [3.05, 3.63) is 29.8 Å². The molecule has 3 nitrogen and oxygen atoms in total. The summed E-state index contributed by atoms with van der Waals surface area (Å²) in [6, 6.07) is 9.82. The summed E-state index contributed by atoms with van der Waals surface area (Å²) in [6.07, 6.45) is 1.01. The predicted octanol–water partition coefficient (Wildman–Crippen LogP) is 2.94. The smallest absolute Gasteiger partial charge is 0.122 e. The number of para-hydroxylation sites is 1. The molecule has 0 heterocycles. The molecule has 0 aromatic heterocycles. The number of methoxy groups -OCH3 is 1. The van der Waals surface area contributed by atoms with Gasteiger partial charge in [-0.2, -0.15) is 0 Å². The standard InChI is InChI=1S/C17H30N2O/c1-13(2)18-12-15(4)19(5)14(3)11-16-9-7-8-10-17(16)20-6/h7-10,13-15,18H,11-12H2,1-6H3. The second-order valence-corrected chi connectivity index (χ2v) is 5.94. The molecule has 0 spiro atoms. The van der Waals surface area contributed by atoms with E-state index in [0.29, 0.717) is 18.1 Å². The van der Waals surface area contributed by atoms with Crippen LogP contribution >= 0.6 is 0 Å². The normalized spacial score (nSPS) is 14.6. The molecule has 0 fully saturated rings. The summed E-state index contributed by atoms with van der Waals surface area (Å²) >= 11 is 0. The first-order valence-electron chi connectivity index (χ1n) is 7.53. The minimum atomic E-state index is 0.482. The molecule has 2 unspecified atom stereocenters. The molecule has 0 aliphatic carbocycles. The Morgan fingerprint density at radius 3 is 2.35 bits per heavy atom. The maximum absolute atomic E-state index is 5.43. The molecular weight excluding hydrogens is 248 g/mol. The highest BCUT2D eigenvalue weighted by Gasteiger charge is 2.17. The van der Waals surface area contributed by atoms with Crippen molar-refractivity contribution in [3.63, 3.8) is 0 Å². The number of hydrogen-bond donors (Lipinski definition) is 1. The van der Waals surface area contributed by atoms with Gasteiger partial charge in [-0.3, -0.25) is 4.90 Å². The van der Waals surface area contributed by atoms with Gasteiger partial charge in [0.25, 0.3) is 0 Å². The lowest BCUT2D eigenvalue weighted by atomic mass is 10.0. The largest absolute Gasteiger partial charge is 0.496 e. The van der Waals surface area contributed by atoms with Gasteiger partial charge < -0.3 is 10.1 Å². The van der Waals surface area contributed by atoms with Crippen LogP contribution in [0.25, 0.3) is 0 Å². The molecule has 0 radical (unpaired) electrons. The Balaban J connectivity index is 2.58. The Labute approximate surface area is 124 Å².